The third kappa shape index (κ3) is 2.88. The van der Waals surface area contributed by atoms with E-state index in [9.17, 15) is 10.2 Å². The van der Waals surface area contributed by atoms with Crippen molar-refractivity contribution in [2.75, 3.05) is 39.0 Å². The zero-order valence-corrected chi connectivity index (χ0v) is 12.4. The van der Waals surface area contributed by atoms with Gasteiger partial charge in [-0.2, -0.15) is 0 Å². The van der Waals surface area contributed by atoms with E-state index in [0.29, 0.717) is 5.50 Å². The monoisotopic (exact) mass is 295 g/mol. The summed E-state index contributed by atoms with van der Waals surface area (Å²) in [4.78, 5) is 4.81. The maximum Gasteiger partial charge on any atom is 0.124 e. The second kappa shape index (κ2) is 5.81. The molecule has 2 atom stereocenters. The molecule has 1 aromatic rings. The molecule has 0 aromatic heterocycles. The molecule has 6 heteroatoms. The van der Waals surface area contributed by atoms with Crippen LogP contribution >= 0.6 is 11.8 Å². The first kappa shape index (κ1) is 14.0. The first-order valence-electron chi connectivity index (χ1n) is 6.95. The summed E-state index contributed by atoms with van der Waals surface area (Å²) in [5.74, 6) is 1.21. The highest BCUT2D eigenvalue weighted by molar-refractivity contribution is 8.00. The quantitative estimate of drug-likeness (QED) is 0.757. The molecular weight excluding hydrogens is 274 g/mol. The van der Waals surface area contributed by atoms with Crippen molar-refractivity contribution in [2.24, 2.45) is 0 Å². The van der Waals surface area contributed by atoms with Gasteiger partial charge in [0.15, 0.2) is 0 Å². The SMILES string of the molecule is CN1CCN(C2NC(c3ccc(O)cc3O)CS2)CC1. The number of hydrogen-bond donors (Lipinski definition) is 3. The van der Waals surface area contributed by atoms with Crippen LogP contribution in [0.1, 0.15) is 11.6 Å². The summed E-state index contributed by atoms with van der Waals surface area (Å²) in [6.07, 6.45) is 0. The number of nitrogens with zero attached hydrogens (tertiary/aromatic N) is 2. The Hall–Kier alpha value is -0.950. The lowest BCUT2D eigenvalue weighted by molar-refractivity contribution is 0.131. The number of nitrogens with one attached hydrogen (secondary N) is 1. The predicted octanol–water partition coefficient (Wildman–Crippen LogP) is 1.01. The molecule has 0 aliphatic carbocycles. The van der Waals surface area contributed by atoms with E-state index in [1.165, 1.54) is 6.07 Å². The standard InChI is InChI=1S/C14H21N3O2S/c1-16-4-6-17(7-5-16)14-15-12(9-20-14)11-3-2-10(18)8-13(11)19/h2-3,8,12,14-15,18-19H,4-7,9H2,1H3. The Labute approximate surface area is 123 Å². The zero-order valence-electron chi connectivity index (χ0n) is 11.6. The second-order valence-electron chi connectivity index (χ2n) is 5.49. The topological polar surface area (TPSA) is 59.0 Å². The summed E-state index contributed by atoms with van der Waals surface area (Å²) >= 11 is 1.89. The number of benzene rings is 1. The molecule has 3 N–H and O–H groups in total. The Balaban J connectivity index is 1.64. The van der Waals surface area contributed by atoms with Crippen molar-refractivity contribution < 1.29 is 10.2 Å². The zero-order chi connectivity index (χ0) is 14.1. The van der Waals surface area contributed by atoms with Crippen molar-refractivity contribution >= 4 is 11.8 Å². The van der Waals surface area contributed by atoms with Crippen LogP contribution in [-0.2, 0) is 0 Å². The molecule has 3 rings (SSSR count). The number of phenols is 2. The van der Waals surface area contributed by atoms with Gasteiger partial charge in [0.2, 0.25) is 0 Å². The number of thioether (sulfide) groups is 1. The van der Waals surface area contributed by atoms with Crippen LogP contribution in [0.3, 0.4) is 0 Å². The van der Waals surface area contributed by atoms with Gasteiger partial charge in [-0.3, -0.25) is 10.2 Å². The number of piperazine rings is 1. The number of hydrogen-bond acceptors (Lipinski definition) is 6. The van der Waals surface area contributed by atoms with Gasteiger partial charge in [0.05, 0.1) is 0 Å². The Morgan fingerprint density at radius 1 is 1.20 bits per heavy atom. The maximum atomic E-state index is 9.95. The molecule has 2 heterocycles. The molecule has 2 aliphatic heterocycles. The van der Waals surface area contributed by atoms with Gasteiger partial charge < -0.3 is 15.1 Å². The summed E-state index contributed by atoms with van der Waals surface area (Å²) in [5.41, 5.74) is 1.19. The van der Waals surface area contributed by atoms with E-state index in [2.05, 4.69) is 22.2 Å². The number of aromatic hydroxyl groups is 2. The molecule has 5 nitrogen and oxygen atoms in total. The smallest absolute Gasteiger partial charge is 0.124 e. The molecule has 2 fully saturated rings. The van der Waals surface area contributed by atoms with Gasteiger partial charge in [0.1, 0.15) is 17.0 Å². The minimum atomic E-state index is 0.104. The summed E-state index contributed by atoms with van der Waals surface area (Å²) in [5, 5.41) is 22.9. The van der Waals surface area contributed by atoms with E-state index in [4.69, 9.17) is 0 Å². The maximum absolute atomic E-state index is 9.95. The van der Waals surface area contributed by atoms with Gasteiger partial charge in [-0.15, -0.1) is 11.8 Å². The predicted molar refractivity (Wildman–Crippen MR) is 81.0 cm³/mol. The summed E-state index contributed by atoms with van der Waals surface area (Å²) < 4.78 is 0. The summed E-state index contributed by atoms with van der Waals surface area (Å²) in [7, 11) is 2.16. The van der Waals surface area contributed by atoms with Crippen LogP contribution in [0.5, 0.6) is 11.5 Å². The summed E-state index contributed by atoms with van der Waals surface area (Å²) in [6, 6.07) is 4.98. The van der Waals surface area contributed by atoms with Gasteiger partial charge in [0.25, 0.3) is 0 Å². The van der Waals surface area contributed by atoms with E-state index in [1.54, 1.807) is 12.1 Å². The number of phenolic OH excluding ortho intramolecular Hbond substituents is 2. The van der Waals surface area contributed by atoms with Gasteiger partial charge in [-0.05, 0) is 13.1 Å². The van der Waals surface area contributed by atoms with Crippen molar-refractivity contribution in [1.29, 1.82) is 0 Å². The molecule has 0 radical (unpaired) electrons. The highest BCUT2D eigenvalue weighted by Gasteiger charge is 2.32. The molecule has 20 heavy (non-hydrogen) atoms. The third-order valence-corrected chi connectivity index (χ3v) is 5.30. The van der Waals surface area contributed by atoms with Crippen LogP contribution in [0.25, 0.3) is 0 Å². The molecule has 1 aromatic carbocycles. The minimum Gasteiger partial charge on any atom is -0.508 e. The fourth-order valence-electron chi connectivity index (χ4n) is 2.73. The second-order valence-corrected chi connectivity index (χ2v) is 6.60. The number of likely N-dealkylation sites (N-methyl/N-ethyl adjacent to an activating group) is 1. The largest absolute Gasteiger partial charge is 0.508 e. The van der Waals surface area contributed by atoms with Gasteiger partial charge in [0, 0.05) is 49.6 Å². The molecule has 0 bridgehead atoms. The minimum absolute atomic E-state index is 0.104. The van der Waals surface area contributed by atoms with E-state index in [1.807, 2.05) is 11.8 Å². The average molecular weight is 295 g/mol. The molecule has 0 spiro atoms. The molecular formula is C14H21N3O2S. The molecule has 0 saturated carbocycles. The van der Waals surface area contributed by atoms with Gasteiger partial charge >= 0.3 is 0 Å². The van der Waals surface area contributed by atoms with Crippen LogP contribution in [0.15, 0.2) is 18.2 Å². The van der Waals surface area contributed by atoms with Crippen LogP contribution in [0.2, 0.25) is 0 Å². The number of rotatable bonds is 2. The average Bonchev–Trinajstić information content (AvgIpc) is 2.89. The van der Waals surface area contributed by atoms with Crippen molar-refractivity contribution in [3.63, 3.8) is 0 Å². The fourth-order valence-corrected chi connectivity index (χ4v) is 4.06. The third-order valence-electron chi connectivity index (χ3n) is 4.02. The van der Waals surface area contributed by atoms with E-state index >= 15 is 0 Å². The van der Waals surface area contributed by atoms with Crippen LogP contribution in [0.4, 0.5) is 0 Å². The van der Waals surface area contributed by atoms with E-state index < -0.39 is 0 Å². The fraction of sp³-hybridized carbons (Fsp3) is 0.571. The molecule has 0 amide bonds. The van der Waals surface area contributed by atoms with Crippen molar-refractivity contribution in [2.45, 2.75) is 11.5 Å². The lowest BCUT2D eigenvalue weighted by Gasteiger charge is -2.36. The lowest BCUT2D eigenvalue weighted by atomic mass is 10.1. The molecule has 110 valence electrons. The highest BCUT2D eigenvalue weighted by Crippen LogP contribution is 2.36. The first-order chi connectivity index (χ1) is 9.63. The normalized spacial score (nSPS) is 28.9. The van der Waals surface area contributed by atoms with E-state index in [0.717, 1.165) is 37.5 Å². The Kier molecular flexibility index (Phi) is 4.07. The van der Waals surface area contributed by atoms with Crippen LogP contribution in [-0.4, -0.2) is 64.5 Å². The molecule has 2 aliphatic rings. The Bertz CT molecular complexity index is 477. The van der Waals surface area contributed by atoms with E-state index in [-0.39, 0.29) is 17.5 Å². The van der Waals surface area contributed by atoms with Crippen LogP contribution < -0.4 is 5.32 Å². The van der Waals surface area contributed by atoms with Crippen molar-refractivity contribution in [3.05, 3.63) is 23.8 Å². The Morgan fingerprint density at radius 3 is 2.65 bits per heavy atom. The molecule has 2 saturated heterocycles. The van der Waals surface area contributed by atoms with Crippen LogP contribution in [0, 0.1) is 0 Å². The van der Waals surface area contributed by atoms with Gasteiger partial charge in [-0.1, -0.05) is 6.07 Å². The van der Waals surface area contributed by atoms with Gasteiger partial charge in [-0.25, -0.2) is 0 Å². The van der Waals surface area contributed by atoms with Crippen molar-refractivity contribution in [1.82, 2.24) is 15.1 Å². The molecule has 2 unspecified atom stereocenters. The summed E-state index contributed by atoms with van der Waals surface area (Å²) in [6.45, 7) is 4.37. The van der Waals surface area contributed by atoms with Crippen molar-refractivity contribution in [3.8, 4) is 11.5 Å². The Morgan fingerprint density at radius 2 is 1.95 bits per heavy atom. The lowest BCUT2D eigenvalue weighted by Crippen LogP contribution is -2.51. The first-order valence-corrected chi connectivity index (χ1v) is 8.00. The highest BCUT2D eigenvalue weighted by atomic mass is 32.2.